The van der Waals surface area contributed by atoms with Crippen LogP contribution in [0.2, 0.25) is 0 Å². The van der Waals surface area contributed by atoms with Crippen LogP contribution in [0.5, 0.6) is 0 Å². The van der Waals surface area contributed by atoms with Gasteiger partial charge in [0.1, 0.15) is 0 Å². The van der Waals surface area contributed by atoms with Crippen molar-refractivity contribution < 1.29 is 0 Å². The molecule has 31 heavy (non-hydrogen) atoms. The first-order valence-corrected chi connectivity index (χ1v) is 14.5. The van der Waals surface area contributed by atoms with Crippen molar-refractivity contribution in [2.75, 3.05) is 31.1 Å². The summed E-state index contributed by atoms with van der Waals surface area (Å²) in [5.74, 6) is 2.74. The molecule has 2 bridgehead atoms. The lowest BCUT2D eigenvalue weighted by molar-refractivity contribution is 0.167. The molecule has 0 amide bonds. The molecule has 2 nitrogen and oxygen atoms in total. The van der Waals surface area contributed by atoms with E-state index in [4.69, 9.17) is 0 Å². The zero-order chi connectivity index (χ0) is 21.8. The first kappa shape index (κ1) is 23.3. The van der Waals surface area contributed by atoms with Crippen LogP contribution in [0.4, 0.5) is 5.69 Å². The molecule has 5 unspecified atom stereocenters. The van der Waals surface area contributed by atoms with Crippen molar-refractivity contribution in [1.82, 2.24) is 5.32 Å². The molecule has 2 saturated carbocycles. The predicted molar refractivity (Wildman–Crippen MR) is 139 cm³/mol. The van der Waals surface area contributed by atoms with E-state index in [0.717, 1.165) is 43.9 Å². The highest BCUT2D eigenvalue weighted by Crippen LogP contribution is 2.69. The Kier molecular flexibility index (Phi) is 7.81. The molecular formula is C28H45N2P. The standard InChI is InChI=1S/C26H39N2P.C2H6/c1-20-9-10-23(17-20)29(26-11-5-6-22(19-26)16-21(2)18-26)25-8-4-3-7-24(25)28-14-12-27-13-15-28;1-2/h3-4,7-8,10,20-22,27H,5-6,9,11-19H2,1-2H3;1-2H3. The molecule has 0 radical (unpaired) electrons. The van der Waals surface area contributed by atoms with Crippen molar-refractivity contribution in [2.24, 2.45) is 17.8 Å². The fourth-order valence-corrected chi connectivity index (χ4v) is 11.2. The smallest absolute Gasteiger partial charge is 0.0448 e. The van der Waals surface area contributed by atoms with Crippen LogP contribution < -0.4 is 15.5 Å². The Morgan fingerprint density at radius 2 is 1.81 bits per heavy atom. The first-order valence-electron chi connectivity index (χ1n) is 13.2. The minimum Gasteiger partial charge on any atom is -0.368 e. The monoisotopic (exact) mass is 440 g/mol. The van der Waals surface area contributed by atoms with Crippen LogP contribution in [0.3, 0.4) is 0 Å². The van der Waals surface area contributed by atoms with Crippen LogP contribution in [-0.4, -0.2) is 31.3 Å². The third-order valence-electron chi connectivity index (χ3n) is 8.04. The minimum atomic E-state index is -0.235. The molecule has 3 heteroatoms. The maximum absolute atomic E-state index is 3.55. The lowest BCUT2D eigenvalue weighted by atomic mass is 9.68. The number of nitrogens with one attached hydrogen (secondary N) is 1. The fraction of sp³-hybridized carbons (Fsp3) is 0.714. The number of para-hydroxylation sites is 1. The van der Waals surface area contributed by atoms with E-state index >= 15 is 0 Å². The summed E-state index contributed by atoms with van der Waals surface area (Å²) in [5.41, 5.74) is 1.57. The van der Waals surface area contributed by atoms with Gasteiger partial charge in [0, 0.05) is 37.2 Å². The summed E-state index contributed by atoms with van der Waals surface area (Å²) in [7, 11) is -0.235. The van der Waals surface area contributed by atoms with Gasteiger partial charge >= 0.3 is 0 Å². The molecule has 5 rings (SSSR count). The van der Waals surface area contributed by atoms with Crippen LogP contribution in [0.25, 0.3) is 0 Å². The highest BCUT2D eigenvalue weighted by molar-refractivity contribution is 7.71. The third kappa shape index (κ3) is 4.91. The third-order valence-corrected chi connectivity index (χ3v) is 11.4. The van der Waals surface area contributed by atoms with Crippen molar-refractivity contribution in [2.45, 2.75) is 84.2 Å². The summed E-state index contributed by atoms with van der Waals surface area (Å²) in [5, 5.41) is 7.69. The number of hydrogen-bond donors (Lipinski definition) is 1. The summed E-state index contributed by atoms with van der Waals surface area (Å²) < 4.78 is 0. The Morgan fingerprint density at radius 1 is 1.03 bits per heavy atom. The van der Waals surface area contributed by atoms with E-state index in [2.05, 4.69) is 54.4 Å². The number of benzene rings is 1. The number of allylic oxidation sites excluding steroid dienone is 2. The summed E-state index contributed by atoms with van der Waals surface area (Å²) in [6.45, 7) is 13.6. The van der Waals surface area contributed by atoms with E-state index in [1.807, 2.05) is 19.2 Å². The largest absolute Gasteiger partial charge is 0.368 e. The van der Waals surface area contributed by atoms with Crippen LogP contribution in [-0.2, 0) is 0 Å². The van der Waals surface area contributed by atoms with Gasteiger partial charge in [0.15, 0.2) is 0 Å². The molecule has 1 aromatic carbocycles. The fourth-order valence-electron chi connectivity index (χ4n) is 7.03. The maximum atomic E-state index is 3.55. The van der Waals surface area contributed by atoms with Crippen LogP contribution in [0.1, 0.15) is 79.1 Å². The number of piperazine rings is 1. The molecule has 4 aliphatic rings. The van der Waals surface area contributed by atoms with Crippen molar-refractivity contribution in [3.8, 4) is 0 Å². The van der Waals surface area contributed by atoms with Gasteiger partial charge in [-0.15, -0.1) is 0 Å². The van der Waals surface area contributed by atoms with Gasteiger partial charge in [-0.3, -0.25) is 0 Å². The summed E-state index contributed by atoms with van der Waals surface area (Å²) >= 11 is 0. The van der Waals surface area contributed by atoms with Gasteiger partial charge < -0.3 is 10.2 Å². The van der Waals surface area contributed by atoms with Crippen molar-refractivity contribution in [1.29, 1.82) is 0 Å². The van der Waals surface area contributed by atoms with Gasteiger partial charge in [-0.1, -0.05) is 64.8 Å². The zero-order valence-corrected chi connectivity index (χ0v) is 21.4. The SMILES string of the molecule is CC.CC1CC=C(P(c2ccccc2N2CCNCC2)C23CCCC(CC(C)C2)C3)C1. The maximum Gasteiger partial charge on any atom is 0.0448 e. The van der Waals surface area contributed by atoms with Gasteiger partial charge in [-0.05, 0) is 80.7 Å². The normalized spacial score (nSPS) is 33.9. The average Bonchev–Trinajstić information content (AvgIpc) is 3.21. The molecular weight excluding hydrogens is 395 g/mol. The molecule has 3 aliphatic carbocycles. The van der Waals surface area contributed by atoms with Gasteiger partial charge in [-0.2, -0.15) is 0 Å². The number of anilines is 1. The van der Waals surface area contributed by atoms with Crippen molar-refractivity contribution in [3.63, 3.8) is 0 Å². The molecule has 0 aromatic heterocycles. The Labute approximate surface area is 193 Å². The summed E-state index contributed by atoms with van der Waals surface area (Å²) in [6, 6.07) is 9.59. The zero-order valence-electron chi connectivity index (χ0n) is 20.5. The van der Waals surface area contributed by atoms with E-state index in [9.17, 15) is 0 Å². The molecule has 1 aromatic rings. The number of rotatable bonds is 4. The Bertz CT molecular complexity index is 749. The van der Waals surface area contributed by atoms with Crippen molar-refractivity contribution >= 4 is 18.9 Å². The van der Waals surface area contributed by atoms with E-state index in [-0.39, 0.29) is 7.92 Å². The molecule has 3 fully saturated rings. The van der Waals surface area contributed by atoms with Crippen LogP contribution in [0.15, 0.2) is 35.7 Å². The summed E-state index contributed by atoms with van der Waals surface area (Å²) in [4.78, 5) is 2.68. The second-order valence-electron chi connectivity index (χ2n) is 10.5. The topological polar surface area (TPSA) is 15.3 Å². The van der Waals surface area contributed by atoms with Crippen molar-refractivity contribution in [3.05, 3.63) is 35.7 Å². The number of nitrogens with zero attached hydrogens (tertiary/aromatic N) is 1. The second-order valence-corrected chi connectivity index (χ2v) is 13.2. The van der Waals surface area contributed by atoms with Crippen LogP contribution >= 0.6 is 7.92 Å². The molecule has 1 aliphatic heterocycles. The molecule has 5 atom stereocenters. The Hall–Kier alpha value is -0.850. The Morgan fingerprint density at radius 3 is 2.55 bits per heavy atom. The van der Waals surface area contributed by atoms with Gasteiger partial charge in [0.05, 0.1) is 0 Å². The van der Waals surface area contributed by atoms with E-state index < -0.39 is 0 Å². The van der Waals surface area contributed by atoms with Gasteiger partial charge in [0.2, 0.25) is 0 Å². The lowest BCUT2D eigenvalue weighted by Gasteiger charge is -2.53. The quantitative estimate of drug-likeness (QED) is 0.512. The number of hydrogen-bond acceptors (Lipinski definition) is 2. The first-order chi connectivity index (χ1) is 15.1. The molecule has 1 heterocycles. The second kappa shape index (κ2) is 10.4. The number of fused-ring (bicyclic) bond motifs is 2. The summed E-state index contributed by atoms with van der Waals surface area (Å²) in [6.07, 6.45) is 14.2. The van der Waals surface area contributed by atoms with Gasteiger partial charge in [-0.25, -0.2) is 0 Å². The van der Waals surface area contributed by atoms with Crippen LogP contribution in [0, 0.1) is 17.8 Å². The highest BCUT2D eigenvalue weighted by atomic mass is 31.1. The molecule has 0 spiro atoms. The van der Waals surface area contributed by atoms with E-state index in [1.165, 1.54) is 51.4 Å². The Balaban J connectivity index is 0.00000112. The minimum absolute atomic E-state index is 0.235. The average molecular weight is 441 g/mol. The lowest BCUT2D eigenvalue weighted by Crippen LogP contribution is -2.46. The predicted octanol–water partition coefficient (Wildman–Crippen LogP) is 6.90. The molecule has 1 saturated heterocycles. The van der Waals surface area contributed by atoms with Gasteiger partial charge in [0.25, 0.3) is 0 Å². The molecule has 1 N–H and O–H groups in total. The molecule has 172 valence electrons. The highest BCUT2D eigenvalue weighted by Gasteiger charge is 2.49. The van der Waals surface area contributed by atoms with E-state index in [1.54, 1.807) is 11.0 Å². The van der Waals surface area contributed by atoms with E-state index in [0.29, 0.717) is 5.16 Å².